The van der Waals surface area contributed by atoms with Gasteiger partial charge in [0.05, 0.1) is 6.10 Å². The van der Waals surface area contributed by atoms with Gasteiger partial charge in [0.1, 0.15) is 0 Å². The average molecular weight is 261 g/mol. The maximum absolute atomic E-state index is 5.97. The number of benzene rings is 1. The van der Waals surface area contributed by atoms with Crippen molar-refractivity contribution in [3.05, 3.63) is 29.8 Å². The maximum Gasteiger partial charge on any atom is 0.157 e. The second kappa shape index (κ2) is 5.93. The molecule has 1 atom stereocenters. The Labute approximate surface area is 115 Å². The van der Waals surface area contributed by atoms with Crippen LogP contribution in [0.1, 0.15) is 37.7 Å². The smallest absolute Gasteiger partial charge is 0.157 e. The zero-order chi connectivity index (χ0) is 13.1. The molecule has 0 aromatic heterocycles. The molecule has 19 heavy (non-hydrogen) atoms. The van der Waals surface area contributed by atoms with Crippen LogP contribution in [0, 0.1) is 5.92 Å². The Hall–Kier alpha value is -1.06. The lowest BCUT2D eigenvalue weighted by Crippen LogP contribution is -2.37. The van der Waals surface area contributed by atoms with Crippen LogP contribution in [0.25, 0.3) is 0 Å². The van der Waals surface area contributed by atoms with E-state index in [1.54, 1.807) is 0 Å². The van der Waals surface area contributed by atoms with Crippen LogP contribution in [-0.2, 0) is 15.9 Å². The Kier molecular flexibility index (Phi) is 4.04. The first kappa shape index (κ1) is 12.9. The minimum Gasteiger partial charge on any atom is -0.399 e. The largest absolute Gasteiger partial charge is 0.399 e. The van der Waals surface area contributed by atoms with Crippen molar-refractivity contribution >= 4 is 5.69 Å². The quantitative estimate of drug-likeness (QED) is 0.847. The van der Waals surface area contributed by atoms with Gasteiger partial charge in [-0.15, -0.1) is 0 Å². The van der Waals surface area contributed by atoms with Crippen molar-refractivity contribution in [3.8, 4) is 0 Å². The van der Waals surface area contributed by atoms with Crippen LogP contribution in [0.3, 0.4) is 0 Å². The summed E-state index contributed by atoms with van der Waals surface area (Å²) in [6.45, 7) is 0.865. The number of rotatable bonds is 4. The van der Waals surface area contributed by atoms with Gasteiger partial charge in [0, 0.05) is 12.3 Å². The summed E-state index contributed by atoms with van der Waals surface area (Å²) in [4.78, 5) is 0. The van der Waals surface area contributed by atoms with Gasteiger partial charge in [0.2, 0.25) is 0 Å². The first-order valence-corrected chi connectivity index (χ1v) is 7.41. The maximum atomic E-state index is 5.97. The molecule has 1 heterocycles. The predicted molar refractivity (Wildman–Crippen MR) is 75.7 cm³/mol. The summed E-state index contributed by atoms with van der Waals surface area (Å²) in [5.74, 6) is 0.746. The Balaban J connectivity index is 1.40. The summed E-state index contributed by atoms with van der Waals surface area (Å²) in [7, 11) is 0. The summed E-state index contributed by atoms with van der Waals surface area (Å²) in [6.07, 6.45) is 7.41. The molecule has 104 valence electrons. The molecule has 1 aromatic rings. The Morgan fingerprint density at radius 1 is 1.26 bits per heavy atom. The molecule has 1 saturated carbocycles. The highest BCUT2D eigenvalue weighted by atomic mass is 16.7. The van der Waals surface area contributed by atoms with E-state index in [1.807, 2.05) is 12.1 Å². The predicted octanol–water partition coefficient (Wildman–Crippen LogP) is 3.13. The summed E-state index contributed by atoms with van der Waals surface area (Å²) < 4.78 is 11.6. The SMILES string of the molecule is Nc1cccc(CC2CC(O[C@@H]3CCCCO3)C2)c1. The van der Waals surface area contributed by atoms with Gasteiger partial charge in [-0.1, -0.05) is 12.1 Å². The lowest BCUT2D eigenvalue weighted by atomic mass is 9.78. The molecule has 1 aliphatic carbocycles. The minimum absolute atomic E-state index is 0.0621. The van der Waals surface area contributed by atoms with Gasteiger partial charge in [-0.05, 0) is 62.1 Å². The molecule has 1 saturated heterocycles. The van der Waals surface area contributed by atoms with Crippen molar-refractivity contribution in [1.82, 2.24) is 0 Å². The van der Waals surface area contributed by atoms with Crippen LogP contribution in [0.4, 0.5) is 5.69 Å². The van der Waals surface area contributed by atoms with Crippen molar-refractivity contribution in [1.29, 1.82) is 0 Å². The number of hydrogen-bond acceptors (Lipinski definition) is 3. The fourth-order valence-electron chi connectivity index (χ4n) is 3.04. The van der Waals surface area contributed by atoms with Gasteiger partial charge in [-0.3, -0.25) is 0 Å². The fraction of sp³-hybridized carbons (Fsp3) is 0.625. The van der Waals surface area contributed by atoms with Crippen molar-refractivity contribution in [2.75, 3.05) is 12.3 Å². The zero-order valence-corrected chi connectivity index (χ0v) is 11.4. The molecule has 0 spiro atoms. The third kappa shape index (κ3) is 3.48. The molecule has 1 aliphatic heterocycles. The molecular formula is C16H23NO2. The van der Waals surface area contributed by atoms with Crippen LogP contribution in [0.2, 0.25) is 0 Å². The molecule has 3 nitrogen and oxygen atoms in total. The highest BCUT2D eigenvalue weighted by Gasteiger charge is 2.32. The van der Waals surface area contributed by atoms with E-state index in [-0.39, 0.29) is 6.29 Å². The van der Waals surface area contributed by atoms with E-state index in [2.05, 4.69) is 12.1 Å². The average Bonchev–Trinajstić information content (AvgIpc) is 2.37. The van der Waals surface area contributed by atoms with Gasteiger partial charge in [0.25, 0.3) is 0 Å². The lowest BCUT2D eigenvalue weighted by molar-refractivity contribution is -0.209. The van der Waals surface area contributed by atoms with Crippen LogP contribution < -0.4 is 5.73 Å². The summed E-state index contributed by atoms with van der Waals surface area (Å²) in [5.41, 5.74) is 8.01. The van der Waals surface area contributed by atoms with E-state index < -0.39 is 0 Å². The molecular weight excluding hydrogens is 238 g/mol. The molecule has 0 amide bonds. The molecule has 0 bridgehead atoms. The van der Waals surface area contributed by atoms with E-state index in [9.17, 15) is 0 Å². The first-order chi connectivity index (χ1) is 9.29. The topological polar surface area (TPSA) is 44.5 Å². The summed E-state index contributed by atoms with van der Waals surface area (Å²) in [6, 6.07) is 8.22. The van der Waals surface area contributed by atoms with Gasteiger partial charge >= 0.3 is 0 Å². The van der Waals surface area contributed by atoms with Gasteiger partial charge in [0.15, 0.2) is 6.29 Å². The molecule has 0 unspecified atom stereocenters. The number of nitrogen functional groups attached to an aromatic ring is 1. The molecule has 2 N–H and O–H groups in total. The highest BCUT2D eigenvalue weighted by molar-refractivity contribution is 5.40. The van der Waals surface area contributed by atoms with Crippen LogP contribution in [0.5, 0.6) is 0 Å². The standard InChI is InChI=1S/C16H23NO2/c17-14-5-3-4-12(9-14)8-13-10-15(11-13)19-16-6-1-2-7-18-16/h3-5,9,13,15-16H,1-2,6-8,10-11,17H2/t13?,15?,16-/m1/s1. The number of hydrogen-bond donors (Lipinski definition) is 1. The van der Waals surface area contributed by atoms with Crippen LogP contribution >= 0.6 is 0 Å². The van der Waals surface area contributed by atoms with E-state index in [1.165, 1.54) is 18.4 Å². The zero-order valence-electron chi connectivity index (χ0n) is 11.4. The van der Waals surface area contributed by atoms with Crippen molar-refractivity contribution in [2.45, 2.75) is 50.9 Å². The number of nitrogens with two attached hydrogens (primary N) is 1. The third-order valence-corrected chi connectivity index (χ3v) is 4.15. The number of ether oxygens (including phenoxy) is 2. The van der Waals surface area contributed by atoms with Crippen LogP contribution in [-0.4, -0.2) is 19.0 Å². The van der Waals surface area contributed by atoms with Gasteiger partial charge in [-0.2, -0.15) is 0 Å². The normalized spacial score (nSPS) is 30.8. The van der Waals surface area contributed by atoms with Gasteiger partial charge < -0.3 is 15.2 Å². The van der Waals surface area contributed by atoms with E-state index in [0.717, 1.165) is 43.9 Å². The Bertz CT molecular complexity index is 409. The molecule has 1 aromatic carbocycles. The van der Waals surface area contributed by atoms with E-state index in [0.29, 0.717) is 6.10 Å². The van der Waals surface area contributed by atoms with Crippen molar-refractivity contribution in [3.63, 3.8) is 0 Å². The second-order valence-corrected chi connectivity index (χ2v) is 5.84. The molecule has 3 heteroatoms. The molecule has 2 aliphatic rings. The summed E-state index contributed by atoms with van der Waals surface area (Å²) >= 11 is 0. The first-order valence-electron chi connectivity index (χ1n) is 7.41. The third-order valence-electron chi connectivity index (χ3n) is 4.15. The van der Waals surface area contributed by atoms with Crippen molar-refractivity contribution in [2.24, 2.45) is 5.92 Å². The van der Waals surface area contributed by atoms with Crippen LogP contribution in [0.15, 0.2) is 24.3 Å². The van der Waals surface area contributed by atoms with E-state index in [4.69, 9.17) is 15.2 Å². The second-order valence-electron chi connectivity index (χ2n) is 5.84. The van der Waals surface area contributed by atoms with E-state index >= 15 is 0 Å². The monoisotopic (exact) mass is 261 g/mol. The summed E-state index contributed by atoms with van der Waals surface area (Å²) in [5, 5.41) is 0. The fourth-order valence-corrected chi connectivity index (χ4v) is 3.04. The highest BCUT2D eigenvalue weighted by Crippen LogP contribution is 2.34. The number of anilines is 1. The lowest BCUT2D eigenvalue weighted by Gasteiger charge is -2.38. The van der Waals surface area contributed by atoms with Gasteiger partial charge in [-0.25, -0.2) is 0 Å². The Morgan fingerprint density at radius 3 is 2.89 bits per heavy atom. The Morgan fingerprint density at radius 2 is 2.16 bits per heavy atom. The minimum atomic E-state index is 0.0621. The van der Waals surface area contributed by atoms with Crippen molar-refractivity contribution < 1.29 is 9.47 Å². The molecule has 0 radical (unpaired) electrons. The molecule has 3 rings (SSSR count). The molecule has 2 fully saturated rings.